The summed E-state index contributed by atoms with van der Waals surface area (Å²) in [6.07, 6.45) is 3.44. The van der Waals surface area contributed by atoms with Crippen molar-refractivity contribution >= 4 is 16.0 Å². The Labute approximate surface area is 191 Å². The molecule has 0 radical (unpaired) electrons. The molecule has 4 rings (SSSR count). The van der Waals surface area contributed by atoms with E-state index in [1.807, 2.05) is 19.1 Å². The Balaban J connectivity index is 1.73. The number of methoxy groups -OCH3 is 2. The van der Waals surface area contributed by atoms with E-state index >= 15 is 0 Å². The number of anilines is 1. The number of pyridine rings is 1. The number of furan rings is 1. The fourth-order valence-electron chi connectivity index (χ4n) is 3.25. The third kappa shape index (κ3) is 4.82. The monoisotopic (exact) mass is 469 g/mol. The van der Waals surface area contributed by atoms with Gasteiger partial charge in [0.05, 0.1) is 26.2 Å². The molecule has 11 heteroatoms. The van der Waals surface area contributed by atoms with E-state index in [0.29, 0.717) is 28.6 Å². The summed E-state index contributed by atoms with van der Waals surface area (Å²) >= 11 is 0. The second kappa shape index (κ2) is 9.33. The number of nitrogens with zero attached hydrogens (tertiary/aromatic N) is 4. The Morgan fingerprint density at radius 3 is 2.39 bits per heavy atom. The fourth-order valence-corrected chi connectivity index (χ4v) is 4.25. The number of rotatable bonds is 9. The van der Waals surface area contributed by atoms with Crippen molar-refractivity contribution in [3.05, 3.63) is 66.2 Å². The molecule has 172 valence electrons. The van der Waals surface area contributed by atoms with Gasteiger partial charge < -0.3 is 13.9 Å². The summed E-state index contributed by atoms with van der Waals surface area (Å²) in [5.41, 5.74) is 2.11. The predicted molar refractivity (Wildman–Crippen MR) is 122 cm³/mol. The molecular weight excluding hydrogens is 446 g/mol. The summed E-state index contributed by atoms with van der Waals surface area (Å²) in [6.45, 7) is 1.92. The molecule has 33 heavy (non-hydrogen) atoms. The SMILES string of the molecule is COc1cccc(OC)c1-n1c(NS(=O)(=O)CCc2ccc(C)cn2)nnc1-c1ccco1. The number of hydrogen-bond acceptors (Lipinski definition) is 8. The highest BCUT2D eigenvalue weighted by molar-refractivity contribution is 7.92. The second-order valence-corrected chi connectivity index (χ2v) is 9.01. The van der Waals surface area contributed by atoms with Crippen LogP contribution in [-0.2, 0) is 16.4 Å². The zero-order valence-electron chi connectivity index (χ0n) is 18.3. The molecule has 1 aromatic carbocycles. The van der Waals surface area contributed by atoms with E-state index in [9.17, 15) is 8.42 Å². The number of hydrogen-bond donors (Lipinski definition) is 1. The Bertz CT molecular complexity index is 1310. The molecule has 10 nitrogen and oxygen atoms in total. The van der Waals surface area contributed by atoms with Gasteiger partial charge in [0.25, 0.3) is 0 Å². The molecule has 0 aliphatic heterocycles. The van der Waals surface area contributed by atoms with Gasteiger partial charge in [-0.15, -0.1) is 10.2 Å². The molecule has 3 heterocycles. The second-order valence-electron chi connectivity index (χ2n) is 7.17. The van der Waals surface area contributed by atoms with E-state index in [2.05, 4.69) is 19.9 Å². The highest BCUT2D eigenvalue weighted by Gasteiger charge is 2.26. The normalized spacial score (nSPS) is 11.4. The first-order chi connectivity index (χ1) is 15.9. The van der Waals surface area contributed by atoms with Gasteiger partial charge in [0.1, 0.15) is 17.2 Å². The zero-order valence-corrected chi connectivity index (χ0v) is 19.2. The molecule has 0 bridgehead atoms. The number of sulfonamides is 1. The number of aryl methyl sites for hydroxylation is 2. The van der Waals surface area contributed by atoms with Crippen molar-refractivity contribution in [2.24, 2.45) is 0 Å². The number of benzene rings is 1. The van der Waals surface area contributed by atoms with E-state index in [1.165, 1.54) is 25.0 Å². The van der Waals surface area contributed by atoms with Gasteiger partial charge >= 0.3 is 0 Å². The summed E-state index contributed by atoms with van der Waals surface area (Å²) in [6, 6.07) is 12.3. The molecule has 1 N–H and O–H groups in total. The lowest BCUT2D eigenvalue weighted by atomic mass is 10.2. The Hall–Kier alpha value is -3.86. The minimum atomic E-state index is -3.79. The van der Waals surface area contributed by atoms with Crippen LogP contribution >= 0.6 is 0 Å². The Morgan fingerprint density at radius 2 is 1.79 bits per heavy atom. The van der Waals surface area contributed by atoms with E-state index in [0.717, 1.165) is 5.56 Å². The average molecular weight is 470 g/mol. The van der Waals surface area contributed by atoms with E-state index in [-0.39, 0.29) is 23.9 Å². The van der Waals surface area contributed by atoms with Crippen LogP contribution in [0.2, 0.25) is 0 Å². The van der Waals surface area contributed by atoms with Crippen LogP contribution in [0.3, 0.4) is 0 Å². The van der Waals surface area contributed by atoms with Crippen molar-refractivity contribution in [3.8, 4) is 28.8 Å². The third-order valence-corrected chi connectivity index (χ3v) is 6.11. The lowest BCUT2D eigenvalue weighted by Crippen LogP contribution is -2.21. The zero-order chi connectivity index (χ0) is 23.4. The van der Waals surface area contributed by atoms with Crippen LogP contribution in [-0.4, -0.2) is 48.1 Å². The summed E-state index contributed by atoms with van der Waals surface area (Å²) in [5, 5.41) is 8.25. The molecule has 0 aliphatic carbocycles. The molecule has 0 aliphatic rings. The highest BCUT2D eigenvalue weighted by Crippen LogP contribution is 2.37. The van der Waals surface area contributed by atoms with Crippen LogP contribution in [0.4, 0.5) is 5.95 Å². The van der Waals surface area contributed by atoms with Gasteiger partial charge in [0, 0.05) is 18.3 Å². The molecule has 0 amide bonds. The van der Waals surface area contributed by atoms with Crippen LogP contribution < -0.4 is 14.2 Å². The lowest BCUT2D eigenvalue weighted by Gasteiger charge is -2.17. The largest absolute Gasteiger partial charge is 0.494 e. The third-order valence-electron chi connectivity index (χ3n) is 4.88. The van der Waals surface area contributed by atoms with Gasteiger partial charge in [-0.05, 0) is 42.8 Å². The molecule has 0 saturated carbocycles. The number of nitrogens with one attached hydrogen (secondary N) is 1. The smallest absolute Gasteiger partial charge is 0.243 e. The molecule has 4 aromatic rings. The van der Waals surface area contributed by atoms with Crippen LogP contribution in [0.15, 0.2) is 59.3 Å². The predicted octanol–water partition coefficient (Wildman–Crippen LogP) is 3.23. The van der Waals surface area contributed by atoms with E-state index < -0.39 is 10.0 Å². The van der Waals surface area contributed by atoms with Crippen LogP contribution in [0, 0.1) is 6.92 Å². The maximum atomic E-state index is 12.9. The molecule has 0 unspecified atom stereocenters. The van der Waals surface area contributed by atoms with Crippen molar-refractivity contribution in [1.29, 1.82) is 0 Å². The van der Waals surface area contributed by atoms with Gasteiger partial charge in [-0.2, -0.15) is 0 Å². The maximum absolute atomic E-state index is 12.9. The van der Waals surface area contributed by atoms with Crippen LogP contribution in [0.5, 0.6) is 11.5 Å². The summed E-state index contributed by atoms with van der Waals surface area (Å²) in [4.78, 5) is 4.27. The van der Waals surface area contributed by atoms with Gasteiger partial charge in [0.15, 0.2) is 5.76 Å². The summed E-state index contributed by atoms with van der Waals surface area (Å²) in [7, 11) is -0.779. The topological polar surface area (TPSA) is 121 Å². The molecular formula is C22H23N5O5S. The Kier molecular flexibility index (Phi) is 6.31. The molecule has 0 saturated heterocycles. The van der Waals surface area contributed by atoms with Crippen LogP contribution in [0.1, 0.15) is 11.3 Å². The number of aromatic nitrogens is 4. The molecule has 3 aromatic heterocycles. The quantitative estimate of drug-likeness (QED) is 0.397. The van der Waals surface area contributed by atoms with Crippen molar-refractivity contribution < 1.29 is 22.3 Å². The van der Waals surface area contributed by atoms with Gasteiger partial charge in [-0.3, -0.25) is 14.3 Å². The van der Waals surface area contributed by atoms with Crippen LogP contribution in [0.25, 0.3) is 17.3 Å². The van der Waals surface area contributed by atoms with Crippen molar-refractivity contribution in [2.45, 2.75) is 13.3 Å². The van der Waals surface area contributed by atoms with Crippen molar-refractivity contribution in [2.75, 3.05) is 24.7 Å². The summed E-state index contributed by atoms with van der Waals surface area (Å²) < 4.78 is 46.4. The molecule has 0 atom stereocenters. The van der Waals surface area contributed by atoms with E-state index in [1.54, 1.807) is 36.5 Å². The van der Waals surface area contributed by atoms with Crippen molar-refractivity contribution in [3.63, 3.8) is 0 Å². The lowest BCUT2D eigenvalue weighted by molar-refractivity contribution is 0.391. The number of ether oxygens (including phenoxy) is 2. The van der Waals surface area contributed by atoms with Crippen molar-refractivity contribution in [1.82, 2.24) is 19.7 Å². The average Bonchev–Trinajstić information content (AvgIpc) is 3.48. The first-order valence-corrected chi connectivity index (χ1v) is 11.7. The number of para-hydroxylation sites is 1. The minimum Gasteiger partial charge on any atom is -0.494 e. The Morgan fingerprint density at radius 1 is 1.03 bits per heavy atom. The van der Waals surface area contributed by atoms with E-state index in [4.69, 9.17) is 13.9 Å². The van der Waals surface area contributed by atoms with Gasteiger partial charge in [0.2, 0.25) is 21.8 Å². The highest BCUT2D eigenvalue weighted by atomic mass is 32.2. The standard InChI is InChI=1S/C22H23N5O5S/c1-15-9-10-16(23-14-15)11-13-33(28,29)26-22-25-24-21(19-8-5-12-32-19)27(22)20-17(30-2)6-4-7-18(20)31-3/h4-10,12,14H,11,13H2,1-3H3,(H,25,26). The maximum Gasteiger partial charge on any atom is 0.243 e. The first-order valence-electron chi connectivity index (χ1n) is 10.0. The van der Waals surface area contributed by atoms with Gasteiger partial charge in [-0.25, -0.2) is 8.42 Å². The van der Waals surface area contributed by atoms with Gasteiger partial charge in [-0.1, -0.05) is 12.1 Å². The molecule has 0 spiro atoms. The fraction of sp³-hybridized carbons (Fsp3) is 0.227. The summed E-state index contributed by atoms with van der Waals surface area (Å²) in [5.74, 6) is 1.33. The minimum absolute atomic E-state index is 0.0268. The first kappa shape index (κ1) is 22.3. The molecule has 0 fully saturated rings.